The standard InChI is InChI=1S/C14H18ClNO4S/c1-10(2)13(14(17)20-3)16-21(18,19)9-8-11-4-6-12(15)7-5-11/h4-10,13,16H,1-3H3. The second-order valence-electron chi connectivity index (χ2n) is 4.76. The number of carbonyl (C=O) groups excluding carboxylic acids is 1. The van der Waals surface area contributed by atoms with E-state index in [0.717, 1.165) is 5.41 Å². The molecule has 0 spiro atoms. The van der Waals surface area contributed by atoms with Gasteiger partial charge in [0.05, 0.1) is 7.11 Å². The number of halogens is 1. The molecule has 1 rings (SSSR count). The second kappa shape index (κ2) is 7.59. The summed E-state index contributed by atoms with van der Waals surface area (Å²) in [4.78, 5) is 11.6. The molecule has 0 fully saturated rings. The molecule has 0 amide bonds. The molecule has 7 heteroatoms. The minimum Gasteiger partial charge on any atom is -0.468 e. The maximum Gasteiger partial charge on any atom is 0.324 e. The van der Waals surface area contributed by atoms with Crippen molar-refractivity contribution >= 4 is 33.7 Å². The van der Waals surface area contributed by atoms with Crippen LogP contribution in [0.3, 0.4) is 0 Å². The zero-order valence-electron chi connectivity index (χ0n) is 12.0. The van der Waals surface area contributed by atoms with Gasteiger partial charge in [-0.1, -0.05) is 37.6 Å². The summed E-state index contributed by atoms with van der Waals surface area (Å²) in [7, 11) is -2.54. The summed E-state index contributed by atoms with van der Waals surface area (Å²) in [5.74, 6) is -0.843. The van der Waals surface area contributed by atoms with E-state index in [1.807, 2.05) is 0 Å². The highest BCUT2D eigenvalue weighted by Gasteiger charge is 2.26. The van der Waals surface area contributed by atoms with Crippen molar-refractivity contribution in [1.29, 1.82) is 0 Å². The summed E-state index contributed by atoms with van der Waals surface area (Å²) in [5.41, 5.74) is 0.684. The van der Waals surface area contributed by atoms with E-state index in [9.17, 15) is 13.2 Å². The molecular weight excluding hydrogens is 314 g/mol. The van der Waals surface area contributed by atoms with Crippen LogP contribution >= 0.6 is 11.6 Å². The Morgan fingerprint density at radius 3 is 2.33 bits per heavy atom. The lowest BCUT2D eigenvalue weighted by atomic mass is 10.1. The van der Waals surface area contributed by atoms with Crippen LogP contribution in [0.2, 0.25) is 5.02 Å². The van der Waals surface area contributed by atoms with Gasteiger partial charge in [0.1, 0.15) is 6.04 Å². The summed E-state index contributed by atoms with van der Waals surface area (Å²) in [5, 5.41) is 1.58. The van der Waals surface area contributed by atoms with E-state index >= 15 is 0 Å². The third kappa shape index (κ3) is 5.87. The molecule has 0 aliphatic carbocycles. The van der Waals surface area contributed by atoms with Crippen molar-refractivity contribution in [2.45, 2.75) is 19.9 Å². The predicted octanol–water partition coefficient (Wildman–Crippen LogP) is 2.43. The maximum absolute atomic E-state index is 12.0. The van der Waals surface area contributed by atoms with Crippen LogP contribution in [0.5, 0.6) is 0 Å². The lowest BCUT2D eigenvalue weighted by molar-refractivity contribution is -0.143. The Morgan fingerprint density at radius 2 is 1.86 bits per heavy atom. The van der Waals surface area contributed by atoms with Gasteiger partial charge >= 0.3 is 5.97 Å². The Hall–Kier alpha value is -1.37. The zero-order chi connectivity index (χ0) is 16.0. The van der Waals surface area contributed by atoms with Gasteiger partial charge < -0.3 is 4.74 Å². The van der Waals surface area contributed by atoms with E-state index in [1.54, 1.807) is 38.1 Å². The van der Waals surface area contributed by atoms with Crippen molar-refractivity contribution in [3.05, 3.63) is 40.3 Å². The lowest BCUT2D eigenvalue weighted by Gasteiger charge is -2.18. The highest BCUT2D eigenvalue weighted by atomic mass is 35.5. The smallest absolute Gasteiger partial charge is 0.324 e. The number of ether oxygens (including phenoxy) is 1. The molecular formula is C14H18ClNO4S. The highest BCUT2D eigenvalue weighted by Crippen LogP contribution is 2.12. The Labute approximate surface area is 130 Å². The molecule has 1 N–H and O–H groups in total. The molecule has 1 aromatic rings. The van der Waals surface area contributed by atoms with E-state index in [-0.39, 0.29) is 5.92 Å². The zero-order valence-corrected chi connectivity index (χ0v) is 13.6. The number of hydrogen-bond donors (Lipinski definition) is 1. The van der Waals surface area contributed by atoms with Crippen LogP contribution in [0, 0.1) is 5.92 Å². The molecule has 1 unspecified atom stereocenters. The van der Waals surface area contributed by atoms with Crippen molar-refractivity contribution in [3.8, 4) is 0 Å². The first-order chi connectivity index (χ1) is 9.75. The third-order valence-electron chi connectivity index (χ3n) is 2.72. The van der Waals surface area contributed by atoms with Crippen molar-refractivity contribution in [1.82, 2.24) is 4.72 Å². The van der Waals surface area contributed by atoms with Crippen LogP contribution in [0.1, 0.15) is 19.4 Å². The monoisotopic (exact) mass is 331 g/mol. The van der Waals surface area contributed by atoms with Crippen LogP contribution in [0.25, 0.3) is 6.08 Å². The number of methoxy groups -OCH3 is 1. The predicted molar refractivity (Wildman–Crippen MR) is 83.2 cm³/mol. The summed E-state index contributed by atoms with van der Waals surface area (Å²) in [6.45, 7) is 3.46. The largest absolute Gasteiger partial charge is 0.468 e. The molecule has 0 saturated heterocycles. The van der Waals surface area contributed by atoms with Crippen molar-refractivity contribution < 1.29 is 17.9 Å². The number of esters is 1. The average Bonchev–Trinajstić information content (AvgIpc) is 2.43. The van der Waals surface area contributed by atoms with Gasteiger partial charge in [0.25, 0.3) is 0 Å². The molecule has 5 nitrogen and oxygen atoms in total. The molecule has 116 valence electrons. The fourth-order valence-corrected chi connectivity index (χ4v) is 2.80. The van der Waals surface area contributed by atoms with Crippen LogP contribution in [0.15, 0.2) is 29.7 Å². The van der Waals surface area contributed by atoms with Crippen molar-refractivity contribution in [2.24, 2.45) is 5.92 Å². The Morgan fingerprint density at radius 1 is 1.29 bits per heavy atom. The molecule has 0 aromatic heterocycles. The van der Waals surface area contributed by atoms with Gasteiger partial charge in [-0.15, -0.1) is 0 Å². The first-order valence-electron chi connectivity index (χ1n) is 6.29. The molecule has 21 heavy (non-hydrogen) atoms. The molecule has 0 saturated carbocycles. The molecule has 1 aromatic carbocycles. The fourth-order valence-electron chi connectivity index (χ4n) is 1.54. The SMILES string of the molecule is COC(=O)C(NS(=O)(=O)C=Cc1ccc(Cl)cc1)C(C)C. The average molecular weight is 332 g/mol. The maximum atomic E-state index is 12.0. The Balaban J connectivity index is 2.85. The van der Waals surface area contributed by atoms with Crippen LogP contribution in [0.4, 0.5) is 0 Å². The van der Waals surface area contributed by atoms with Gasteiger partial charge in [-0.3, -0.25) is 4.79 Å². The molecule has 0 aliphatic rings. The Bertz CT molecular complexity index is 608. The van der Waals surface area contributed by atoms with Gasteiger partial charge in [-0.2, -0.15) is 4.72 Å². The van der Waals surface area contributed by atoms with E-state index in [2.05, 4.69) is 9.46 Å². The quantitative estimate of drug-likeness (QED) is 0.812. The van der Waals surface area contributed by atoms with Gasteiger partial charge in [0.2, 0.25) is 10.0 Å². The Kier molecular flexibility index (Phi) is 6.39. The number of sulfonamides is 1. The molecule has 0 heterocycles. The van der Waals surface area contributed by atoms with Gasteiger partial charge in [-0.25, -0.2) is 8.42 Å². The van der Waals surface area contributed by atoms with Gasteiger partial charge in [-0.05, 0) is 29.7 Å². The molecule has 1 atom stereocenters. The minimum atomic E-state index is -3.75. The first kappa shape index (κ1) is 17.7. The number of carbonyl (C=O) groups is 1. The summed E-state index contributed by atoms with van der Waals surface area (Å²) < 4.78 is 30.8. The number of benzene rings is 1. The van der Waals surface area contributed by atoms with E-state index in [0.29, 0.717) is 10.6 Å². The van der Waals surface area contributed by atoms with Crippen LogP contribution in [-0.4, -0.2) is 27.5 Å². The lowest BCUT2D eigenvalue weighted by Crippen LogP contribution is -2.44. The molecule has 0 radical (unpaired) electrons. The van der Waals surface area contributed by atoms with Gasteiger partial charge in [0, 0.05) is 10.4 Å². The summed E-state index contributed by atoms with van der Waals surface area (Å²) in [6, 6.07) is 5.78. The van der Waals surface area contributed by atoms with Crippen LogP contribution < -0.4 is 4.72 Å². The second-order valence-corrected chi connectivity index (χ2v) is 6.80. The first-order valence-corrected chi connectivity index (χ1v) is 8.21. The van der Waals surface area contributed by atoms with Crippen molar-refractivity contribution in [2.75, 3.05) is 7.11 Å². The van der Waals surface area contributed by atoms with Crippen LogP contribution in [-0.2, 0) is 19.6 Å². The normalized spacial score (nSPS) is 13.6. The number of nitrogens with one attached hydrogen (secondary N) is 1. The van der Waals surface area contributed by atoms with Gasteiger partial charge in [0.15, 0.2) is 0 Å². The van der Waals surface area contributed by atoms with Crippen molar-refractivity contribution in [3.63, 3.8) is 0 Å². The van der Waals surface area contributed by atoms with E-state index < -0.39 is 22.0 Å². The highest BCUT2D eigenvalue weighted by molar-refractivity contribution is 7.92. The minimum absolute atomic E-state index is 0.226. The number of hydrogen-bond acceptors (Lipinski definition) is 4. The number of rotatable bonds is 6. The topological polar surface area (TPSA) is 72.5 Å². The molecule has 0 bridgehead atoms. The summed E-state index contributed by atoms with van der Waals surface area (Å²) in [6.07, 6.45) is 1.42. The fraction of sp³-hybridized carbons (Fsp3) is 0.357. The summed E-state index contributed by atoms with van der Waals surface area (Å²) >= 11 is 5.75. The van der Waals surface area contributed by atoms with E-state index in [1.165, 1.54) is 13.2 Å². The molecule has 0 aliphatic heterocycles. The third-order valence-corrected chi connectivity index (χ3v) is 4.05. The van der Waals surface area contributed by atoms with E-state index in [4.69, 9.17) is 11.6 Å².